The van der Waals surface area contributed by atoms with Crippen molar-refractivity contribution in [2.45, 2.75) is 19.8 Å². The molecule has 0 aliphatic carbocycles. The molecule has 0 amide bonds. The molecule has 0 radical (unpaired) electrons. The van der Waals surface area contributed by atoms with Crippen LogP contribution in [-0.4, -0.2) is 24.2 Å². The molecule has 0 spiro atoms. The number of thiophene rings is 1. The lowest BCUT2D eigenvalue weighted by molar-refractivity contribution is -0.137. The van der Waals surface area contributed by atoms with Crippen LogP contribution in [0.15, 0.2) is 12.1 Å². The molecule has 2 N–H and O–H groups in total. The molecule has 1 atom stereocenters. The summed E-state index contributed by atoms with van der Waals surface area (Å²) in [5.41, 5.74) is 0. The highest BCUT2D eigenvalue weighted by Gasteiger charge is 2.06. The quantitative estimate of drug-likeness (QED) is 0.742. The molecule has 0 aromatic carbocycles. The number of carboxylic acids is 1. The van der Waals surface area contributed by atoms with Crippen LogP contribution >= 0.6 is 22.9 Å². The summed E-state index contributed by atoms with van der Waals surface area (Å²) >= 11 is 7.40. The van der Waals surface area contributed by atoms with Crippen molar-refractivity contribution < 1.29 is 9.90 Å². The normalized spacial score (nSPS) is 12.6. The van der Waals surface area contributed by atoms with E-state index in [1.165, 1.54) is 4.88 Å². The third-order valence-electron chi connectivity index (χ3n) is 2.19. The van der Waals surface area contributed by atoms with Gasteiger partial charge in [-0.15, -0.1) is 11.3 Å². The minimum atomic E-state index is -0.737. The molecule has 5 heteroatoms. The van der Waals surface area contributed by atoms with E-state index in [1.54, 1.807) is 11.3 Å². The van der Waals surface area contributed by atoms with Gasteiger partial charge in [0.05, 0.1) is 4.34 Å². The Labute approximate surface area is 104 Å². The fourth-order valence-corrected chi connectivity index (χ4v) is 2.50. The summed E-state index contributed by atoms with van der Waals surface area (Å²) in [5.74, 6) is -0.566. The fourth-order valence-electron chi connectivity index (χ4n) is 1.42. The Hall–Kier alpha value is -0.580. The Balaban J connectivity index is 2.10. The standard InChI is InChI=1S/C11H16ClNO2S/c1-8(6-11(14)15)7-13-5-4-9-2-3-10(12)16-9/h2-3,8,13H,4-7H2,1H3,(H,14,15). The van der Waals surface area contributed by atoms with Crippen LogP contribution < -0.4 is 5.32 Å². The molecule has 3 nitrogen and oxygen atoms in total. The molecule has 0 saturated carbocycles. The van der Waals surface area contributed by atoms with Gasteiger partial charge in [-0.25, -0.2) is 0 Å². The van der Waals surface area contributed by atoms with E-state index in [-0.39, 0.29) is 12.3 Å². The number of carbonyl (C=O) groups is 1. The number of aliphatic carboxylic acids is 1. The highest BCUT2D eigenvalue weighted by atomic mass is 35.5. The van der Waals surface area contributed by atoms with Gasteiger partial charge in [0, 0.05) is 11.3 Å². The van der Waals surface area contributed by atoms with E-state index in [1.807, 2.05) is 19.1 Å². The van der Waals surface area contributed by atoms with Gasteiger partial charge in [0.1, 0.15) is 0 Å². The summed E-state index contributed by atoms with van der Waals surface area (Å²) in [5, 5.41) is 11.8. The van der Waals surface area contributed by atoms with Gasteiger partial charge in [0.2, 0.25) is 0 Å². The molecule has 1 aromatic heterocycles. The lowest BCUT2D eigenvalue weighted by atomic mass is 10.1. The molecule has 1 unspecified atom stereocenters. The smallest absolute Gasteiger partial charge is 0.303 e. The van der Waals surface area contributed by atoms with E-state index < -0.39 is 5.97 Å². The third-order valence-corrected chi connectivity index (χ3v) is 3.48. The van der Waals surface area contributed by atoms with E-state index in [4.69, 9.17) is 16.7 Å². The highest BCUT2D eigenvalue weighted by Crippen LogP contribution is 2.21. The molecule has 0 aliphatic heterocycles. The second-order valence-electron chi connectivity index (χ2n) is 3.86. The van der Waals surface area contributed by atoms with Crippen molar-refractivity contribution in [1.82, 2.24) is 5.32 Å². The number of halogens is 1. The molecule has 16 heavy (non-hydrogen) atoms. The number of carboxylic acid groups (broad SMARTS) is 1. The van der Waals surface area contributed by atoms with E-state index in [2.05, 4.69) is 5.32 Å². The molecular weight excluding hydrogens is 246 g/mol. The van der Waals surface area contributed by atoms with Crippen LogP contribution in [0.2, 0.25) is 4.34 Å². The molecule has 0 fully saturated rings. The van der Waals surface area contributed by atoms with Gasteiger partial charge in [-0.3, -0.25) is 4.79 Å². The summed E-state index contributed by atoms with van der Waals surface area (Å²) < 4.78 is 0.814. The summed E-state index contributed by atoms with van der Waals surface area (Å²) in [6.45, 7) is 3.54. The first-order chi connectivity index (χ1) is 7.58. The zero-order valence-electron chi connectivity index (χ0n) is 9.20. The van der Waals surface area contributed by atoms with Gasteiger partial charge in [-0.2, -0.15) is 0 Å². The summed E-state index contributed by atoms with van der Waals surface area (Å²) in [4.78, 5) is 11.7. The zero-order valence-corrected chi connectivity index (χ0v) is 10.8. The van der Waals surface area contributed by atoms with E-state index >= 15 is 0 Å². The molecule has 0 aliphatic rings. The average molecular weight is 262 g/mol. The van der Waals surface area contributed by atoms with E-state index in [0.29, 0.717) is 0 Å². The van der Waals surface area contributed by atoms with Crippen LogP contribution in [0.1, 0.15) is 18.2 Å². The molecule has 90 valence electrons. The van der Waals surface area contributed by atoms with Crippen molar-refractivity contribution in [1.29, 1.82) is 0 Å². The SMILES string of the molecule is CC(CNCCc1ccc(Cl)s1)CC(=O)O. The van der Waals surface area contributed by atoms with E-state index in [9.17, 15) is 4.79 Å². The number of hydrogen-bond acceptors (Lipinski definition) is 3. The van der Waals surface area contributed by atoms with Crippen molar-refractivity contribution in [3.05, 3.63) is 21.3 Å². The first-order valence-corrected chi connectivity index (χ1v) is 6.44. The Morgan fingerprint density at radius 2 is 2.38 bits per heavy atom. The average Bonchev–Trinajstić information content (AvgIpc) is 2.58. The van der Waals surface area contributed by atoms with E-state index in [0.717, 1.165) is 23.8 Å². The highest BCUT2D eigenvalue weighted by molar-refractivity contribution is 7.16. The van der Waals surface area contributed by atoms with Crippen LogP contribution in [0.5, 0.6) is 0 Å². The van der Waals surface area contributed by atoms with Gasteiger partial charge >= 0.3 is 5.97 Å². The maximum absolute atomic E-state index is 10.4. The minimum Gasteiger partial charge on any atom is -0.481 e. The molecular formula is C11H16ClNO2S. The number of nitrogens with one attached hydrogen (secondary N) is 1. The number of hydrogen-bond donors (Lipinski definition) is 2. The molecule has 1 heterocycles. The van der Waals surface area contributed by atoms with Crippen LogP contribution in [-0.2, 0) is 11.2 Å². The Kier molecular flexibility index (Phi) is 5.80. The largest absolute Gasteiger partial charge is 0.481 e. The predicted molar refractivity (Wildman–Crippen MR) is 67.3 cm³/mol. The van der Waals surface area contributed by atoms with Crippen molar-refractivity contribution in [2.24, 2.45) is 5.92 Å². The third kappa shape index (κ3) is 5.49. The second-order valence-corrected chi connectivity index (χ2v) is 5.66. The lowest BCUT2D eigenvalue weighted by Gasteiger charge is -2.09. The summed E-state index contributed by atoms with van der Waals surface area (Å²) in [6.07, 6.45) is 1.16. The van der Waals surface area contributed by atoms with Gasteiger partial charge in [0.15, 0.2) is 0 Å². The minimum absolute atomic E-state index is 0.171. The maximum Gasteiger partial charge on any atom is 0.303 e. The predicted octanol–water partition coefficient (Wildman–Crippen LogP) is 2.64. The summed E-state index contributed by atoms with van der Waals surface area (Å²) in [6, 6.07) is 3.92. The van der Waals surface area contributed by atoms with Crippen LogP contribution in [0.25, 0.3) is 0 Å². The van der Waals surface area contributed by atoms with Gasteiger partial charge in [0.25, 0.3) is 0 Å². The van der Waals surface area contributed by atoms with Crippen molar-refractivity contribution in [3.8, 4) is 0 Å². The van der Waals surface area contributed by atoms with Crippen molar-refractivity contribution >= 4 is 28.9 Å². The Morgan fingerprint density at radius 3 is 2.94 bits per heavy atom. The maximum atomic E-state index is 10.4. The van der Waals surface area contributed by atoms with Crippen LogP contribution in [0.3, 0.4) is 0 Å². The second kappa shape index (κ2) is 6.89. The molecule has 1 rings (SSSR count). The van der Waals surface area contributed by atoms with Crippen LogP contribution in [0, 0.1) is 5.92 Å². The number of rotatable bonds is 7. The van der Waals surface area contributed by atoms with Crippen LogP contribution in [0.4, 0.5) is 0 Å². The van der Waals surface area contributed by atoms with Crippen molar-refractivity contribution in [2.75, 3.05) is 13.1 Å². The van der Waals surface area contributed by atoms with Crippen molar-refractivity contribution in [3.63, 3.8) is 0 Å². The Bertz CT molecular complexity index is 340. The molecule has 0 bridgehead atoms. The van der Waals surface area contributed by atoms with Gasteiger partial charge in [-0.05, 0) is 37.6 Å². The first kappa shape index (κ1) is 13.5. The topological polar surface area (TPSA) is 49.3 Å². The molecule has 1 aromatic rings. The zero-order chi connectivity index (χ0) is 12.0. The Morgan fingerprint density at radius 1 is 1.62 bits per heavy atom. The lowest BCUT2D eigenvalue weighted by Crippen LogP contribution is -2.24. The van der Waals surface area contributed by atoms with Gasteiger partial charge < -0.3 is 10.4 Å². The fraction of sp³-hybridized carbons (Fsp3) is 0.545. The summed E-state index contributed by atoms with van der Waals surface area (Å²) in [7, 11) is 0. The monoisotopic (exact) mass is 261 g/mol. The van der Waals surface area contributed by atoms with Gasteiger partial charge in [-0.1, -0.05) is 18.5 Å². The first-order valence-electron chi connectivity index (χ1n) is 5.24. The molecule has 0 saturated heterocycles.